The molecule has 0 unspecified atom stereocenters. The Kier molecular flexibility index (Phi) is 5.75. The van der Waals surface area contributed by atoms with Crippen molar-refractivity contribution in [3.8, 4) is 0 Å². The first-order valence-corrected chi connectivity index (χ1v) is 10.1. The normalized spacial score (nSPS) is 22.8. The number of ether oxygens (including phenoxy) is 1. The standard InChI is InChI=1S/C22H19ClN2O6/c23-15-7-3-14(4-8-15)20(26)18-19(13-5-9-16(10-6-13)25(29)30)24(22(28)21(18)27)12-17-2-1-11-31-17/h3-10,17,19,26H,1-2,11-12H2/t17-,19+/m1/s1. The quantitative estimate of drug-likeness (QED) is 0.247. The number of aliphatic hydroxyl groups excluding tert-OH is 1. The number of nitro benzene ring substituents is 1. The van der Waals surface area contributed by atoms with Gasteiger partial charge in [0, 0.05) is 35.9 Å². The van der Waals surface area contributed by atoms with Crippen LogP contribution in [0.4, 0.5) is 5.69 Å². The minimum atomic E-state index is -0.888. The van der Waals surface area contributed by atoms with Crippen molar-refractivity contribution in [1.82, 2.24) is 4.90 Å². The summed E-state index contributed by atoms with van der Waals surface area (Å²) >= 11 is 5.92. The van der Waals surface area contributed by atoms with Crippen LogP contribution in [0.5, 0.6) is 0 Å². The van der Waals surface area contributed by atoms with Gasteiger partial charge in [-0.25, -0.2) is 0 Å². The van der Waals surface area contributed by atoms with Gasteiger partial charge in [-0.1, -0.05) is 11.6 Å². The first kappa shape index (κ1) is 21.0. The minimum Gasteiger partial charge on any atom is -0.507 e. The Labute approximate surface area is 182 Å². The summed E-state index contributed by atoms with van der Waals surface area (Å²) in [6.07, 6.45) is 1.41. The van der Waals surface area contributed by atoms with Crippen LogP contribution in [0.3, 0.4) is 0 Å². The van der Waals surface area contributed by atoms with Crippen LogP contribution in [0.15, 0.2) is 54.1 Å². The van der Waals surface area contributed by atoms with E-state index < -0.39 is 22.7 Å². The molecular formula is C22H19ClN2O6. The molecule has 0 spiro atoms. The average molecular weight is 443 g/mol. The first-order valence-electron chi connectivity index (χ1n) is 9.77. The maximum atomic E-state index is 12.9. The molecule has 2 aromatic carbocycles. The third-order valence-corrected chi connectivity index (χ3v) is 5.75. The predicted molar refractivity (Wildman–Crippen MR) is 113 cm³/mol. The summed E-state index contributed by atoms with van der Waals surface area (Å²) in [6.45, 7) is 0.769. The third kappa shape index (κ3) is 4.04. The van der Waals surface area contributed by atoms with Crippen molar-refractivity contribution < 1.29 is 24.4 Å². The molecule has 160 valence electrons. The summed E-state index contributed by atoms with van der Waals surface area (Å²) in [4.78, 5) is 37.7. The summed E-state index contributed by atoms with van der Waals surface area (Å²) < 4.78 is 5.64. The number of halogens is 1. The van der Waals surface area contributed by atoms with Crippen LogP contribution in [0.25, 0.3) is 5.76 Å². The van der Waals surface area contributed by atoms with Gasteiger partial charge in [0.25, 0.3) is 17.4 Å². The van der Waals surface area contributed by atoms with Gasteiger partial charge < -0.3 is 14.7 Å². The van der Waals surface area contributed by atoms with Crippen LogP contribution in [0, 0.1) is 10.1 Å². The second kappa shape index (κ2) is 8.49. The molecular weight excluding hydrogens is 424 g/mol. The molecule has 4 rings (SSSR count). The number of benzene rings is 2. The van der Waals surface area contributed by atoms with Gasteiger partial charge in [0.2, 0.25) is 0 Å². The highest BCUT2D eigenvalue weighted by molar-refractivity contribution is 6.46. The summed E-state index contributed by atoms with van der Waals surface area (Å²) in [6, 6.07) is 11.0. The van der Waals surface area contributed by atoms with Gasteiger partial charge in [-0.15, -0.1) is 0 Å². The van der Waals surface area contributed by atoms with E-state index in [1.54, 1.807) is 24.3 Å². The van der Waals surface area contributed by atoms with E-state index in [-0.39, 0.29) is 29.7 Å². The number of ketones is 1. The molecule has 2 aromatic rings. The zero-order valence-corrected chi connectivity index (χ0v) is 17.1. The maximum Gasteiger partial charge on any atom is 0.295 e. The number of carbonyl (C=O) groups excluding carboxylic acids is 2. The van der Waals surface area contributed by atoms with Crippen molar-refractivity contribution >= 4 is 34.7 Å². The summed E-state index contributed by atoms with van der Waals surface area (Å²) in [5.41, 5.74) is 0.640. The lowest BCUT2D eigenvalue weighted by atomic mass is 9.95. The Hall–Kier alpha value is -3.23. The lowest BCUT2D eigenvalue weighted by Crippen LogP contribution is -2.36. The molecule has 1 N–H and O–H groups in total. The van der Waals surface area contributed by atoms with E-state index in [9.17, 15) is 24.8 Å². The Morgan fingerprint density at radius 3 is 2.42 bits per heavy atom. The lowest BCUT2D eigenvalue weighted by Gasteiger charge is -2.27. The maximum absolute atomic E-state index is 12.9. The van der Waals surface area contributed by atoms with Gasteiger partial charge >= 0.3 is 0 Å². The third-order valence-electron chi connectivity index (χ3n) is 5.50. The van der Waals surface area contributed by atoms with Crippen LogP contribution in [-0.4, -0.2) is 45.9 Å². The number of carbonyl (C=O) groups is 2. The molecule has 9 heteroatoms. The van der Waals surface area contributed by atoms with Crippen LogP contribution in [0.2, 0.25) is 5.02 Å². The number of likely N-dealkylation sites (tertiary alicyclic amines) is 1. The number of amides is 1. The van der Waals surface area contributed by atoms with E-state index in [0.29, 0.717) is 22.8 Å². The van der Waals surface area contributed by atoms with Gasteiger partial charge in [0.15, 0.2) is 0 Å². The monoisotopic (exact) mass is 442 g/mol. The topological polar surface area (TPSA) is 110 Å². The number of non-ortho nitro benzene ring substituents is 1. The molecule has 0 bridgehead atoms. The highest BCUT2D eigenvalue weighted by Gasteiger charge is 2.47. The smallest absolute Gasteiger partial charge is 0.295 e. The highest BCUT2D eigenvalue weighted by atomic mass is 35.5. The fourth-order valence-electron chi connectivity index (χ4n) is 3.96. The van der Waals surface area contributed by atoms with E-state index in [1.165, 1.54) is 29.2 Å². The molecule has 31 heavy (non-hydrogen) atoms. The molecule has 0 aromatic heterocycles. The van der Waals surface area contributed by atoms with E-state index in [0.717, 1.165) is 12.8 Å². The van der Waals surface area contributed by atoms with Crippen molar-refractivity contribution in [2.45, 2.75) is 25.0 Å². The number of Topliss-reactive ketones (excluding diaryl/α,β-unsaturated/α-hetero) is 1. The molecule has 1 amide bonds. The lowest BCUT2D eigenvalue weighted by molar-refractivity contribution is -0.384. The summed E-state index contributed by atoms with van der Waals surface area (Å²) in [5, 5.41) is 22.4. The second-order valence-electron chi connectivity index (χ2n) is 7.44. The minimum absolute atomic E-state index is 0.0702. The van der Waals surface area contributed by atoms with Gasteiger partial charge in [0.1, 0.15) is 5.76 Å². The Balaban J connectivity index is 1.81. The predicted octanol–water partition coefficient (Wildman–Crippen LogP) is 3.85. The van der Waals surface area contributed by atoms with Crippen molar-refractivity contribution in [3.63, 3.8) is 0 Å². The largest absolute Gasteiger partial charge is 0.507 e. The molecule has 2 saturated heterocycles. The van der Waals surface area contributed by atoms with E-state index in [4.69, 9.17) is 16.3 Å². The van der Waals surface area contributed by atoms with Crippen LogP contribution in [0.1, 0.15) is 30.0 Å². The van der Waals surface area contributed by atoms with Gasteiger partial charge in [-0.3, -0.25) is 19.7 Å². The number of hydrogen-bond donors (Lipinski definition) is 1. The van der Waals surface area contributed by atoms with Crippen molar-refractivity contribution in [2.75, 3.05) is 13.2 Å². The molecule has 0 saturated carbocycles. The zero-order chi connectivity index (χ0) is 22.1. The summed E-state index contributed by atoms with van der Waals surface area (Å²) in [7, 11) is 0. The fraction of sp³-hybridized carbons (Fsp3) is 0.273. The first-order chi connectivity index (χ1) is 14.9. The second-order valence-corrected chi connectivity index (χ2v) is 7.88. The van der Waals surface area contributed by atoms with Crippen LogP contribution >= 0.6 is 11.6 Å². The molecule has 2 heterocycles. The van der Waals surface area contributed by atoms with Crippen LogP contribution < -0.4 is 0 Å². The SMILES string of the molecule is O=C1C(=O)N(C[C@H]2CCCO2)[C@@H](c2ccc([N+](=O)[O-])cc2)C1=C(O)c1ccc(Cl)cc1. The number of rotatable bonds is 5. The van der Waals surface area contributed by atoms with Crippen molar-refractivity contribution in [3.05, 3.63) is 80.4 Å². The van der Waals surface area contributed by atoms with Gasteiger partial charge in [0.05, 0.1) is 22.6 Å². The highest BCUT2D eigenvalue weighted by Crippen LogP contribution is 2.40. The number of aliphatic hydroxyl groups is 1. The molecule has 2 aliphatic heterocycles. The number of nitro groups is 1. The zero-order valence-electron chi connectivity index (χ0n) is 16.4. The Morgan fingerprint density at radius 2 is 1.84 bits per heavy atom. The molecule has 0 radical (unpaired) electrons. The van der Waals surface area contributed by atoms with E-state index >= 15 is 0 Å². The Bertz CT molecular complexity index is 1060. The van der Waals surface area contributed by atoms with Crippen molar-refractivity contribution in [2.24, 2.45) is 0 Å². The Morgan fingerprint density at radius 1 is 1.16 bits per heavy atom. The molecule has 8 nitrogen and oxygen atoms in total. The number of nitrogens with zero attached hydrogens (tertiary/aromatic N) is 2. The molecule has 2 atom stereocenters. The van der Waals surface area contributed by atoms with Crippen molar-refractivity contribution in [1.29, 1.82) is 0 Å². The molecule has 2 fully saturated rings. The van der Waals surface area contributed by atoms with E-state index in [1.807, 2.05) is 0 Å². The molecule has 2 aliphatic rings. The fourth-order valence-corrected chi connectivity index (χ4v) is 4.09. The molecule has 0 aliphatic carbocycles. The number of hydrogen-bond acceptors (Lipinski definition) is 6. The van der Waals surface area contributed by atoms with E-state index in [2.05, 4.69) is 0 Å². The summed E-state index contributed by atoms with van der Waals surface area (Å²) in [5.74, 6) is -1.88. The average Bonchev–Trinajstić information content (AvgIpc) is 3.36. The van der Waals surface area contributed by atoms with Gasteiger partial charge in [-0.05, 0) is 54.8 Å². The van der Waals surface area contributed by atoms with Crippen LogP contribution in [-0.2, 0) is 14.3 Å². The van der Waals surface area contributed by atoms with Gasteiger partial charge in [-0.2, -0.15) is 0 Å².